The molecular formula is C21H22F2N4O4. The second kappa shape index (κ2) is 8.76. The summed E-state index contributed by atoms with van der Waals surface area (Å²) in [6.45, 7) is 3.82. The lowest BCUT2D eigenvalue weighted by molar-refractivity contribution is 0.0601. The van der Waals surface area contributed by atoms with Crippen molar-refractivity contribution in [3.05, 3.63) is 53.5 Å². The SMILES string of the molecule is COC(=O)c1cc2nn(CCC(C)(C)O)cc2cc1NC(=O)c1cccc(C(F)F)n1. The van der Waals surface area contributed by atoms with E-state index in [9.17, 15) is 23.5 Å². The maximum absolute atomic E-state index is 12.9. The number of hydrogen-bond acceptors (Lipinski definition) is 6. The number of alkyl halides is 2. The van der Waals surface area contributed by atoms with Gasteiger partial charge in [0, 0.05) is 18.1 Å². The number of anilines is 1. The number of nitrogens with one attached hydrogen (secondary N) is 1. The van der Waals surface area contributed by atoms with E-state index in [2.05, 4.69) is 15.4 Å². The summed E-state index contributed by atoms with van der Waals surface area (Å²) in [5, 5.41) is 17.5. The van der Waals surface area contributed by atoms with Crippen LogP contribution in [0.15, 0.2) is 36.5 Å². The van der Waals surface area contributed by atoms with E-state index in [1.165, 1.54) is 25.3 Å². The lowest BCUT2D eigenvalue weighted by Crippen LogP contribution is -2.21. The first kappa shape index (κ1) is 22.3. The monoisotopic (exact) mass is 432 g/mol. The molecular weight excluding hydrogens is 410 g/mol. The average molecular weight is 432 g/mol. The molecule has 2 aromatic heterocycles. The summed E-state index contributed by atoms with van der Waals surface area (Å²) in [5.41, 5.74) is -0.920. The number of esters is 1. The van der Waals surface area contributed by atoms with Gasteiger partial charge in [-0.1, -0.05) is 6.07 Å². The van der Waals surface area contributed by atoms with E-state index in [0.717, 1.165) is 6.07 Å². The molecule has 0 aliphatic heterocycles. The Morgan fingerprint density at radius 2 is 2.03 bits per heavy atom. The van der Waals surface area contributed by atoms with Gasteiger partial charge in [-0.3, -0.25) is 9.48 Å². The van der Waals surface area contributed by atoms with Crippen LogP contribution in [-0.4, -0.2) is 44.5 Å². The predicted molar refractivity (Wildman–Crippen MR) is 109 cm³/mol. The number of fused-ring (bicyclic) bond motifs is 1. The van der Waals surface area contributed by atoms with Gasteiger partial charge in [0.15, 0.2) is 0 Å². The molecule has 1 amide bonds. The first-order chi connectivity index (χ1) is 14.6. The van der Waals surface area contributed by atoms with E-state index < -0.39 is 29.6 Å². The molecule has 10 heteroatoms. The predicted octanol–water partition coefficient (Wildman–Crippen LogP) is 3.57. The number of aromatic nitrogens is 3. The highest BCUT2D eigenvalue weighted by Gasteiger charge is 2.20. The first-order valence-electron chi connectivity index (χ1n) is 9.46. The number of rotatable bonds is 7. The molecule has 164 valence electrons. The van der Waals surface area contributed by atoms with Crippen LogP contribution in [0, 0.1) is 0 Å². The molecule has 0 atom stereocenters. The van der Waals surface area contributed by atoms with Crippen LogP contribution in [0.4, 0.5) is 14.5 Å². The van der Waals surface area contributed by atoms with E-state index in [1.807, 2.05) is 0 Å². The van der Waals surface area contributed by atoms with Crippen molar-refractivity contribution in [1.82, 2.24) is 14.8 Å². The van der Waals surface area contributed by atoms with Crippen LogP contribution in [0.1, 0.15) is 53.2 Å². The Hall–Kier alpha value is -3.40. The summed E-state index contributed by atoms with van der Waals surface area (Å²) in [5.74, 6) is -1.45. The smallest absolute Gasteiger partial charge is 0.340 e. The van der Waals surface area contributed by atoms with Crippen molar-refractivity contribution in [1.29, 1.82) is 0 Å². The third kappa shape index (κ3) is 5.40. The molecule has 0 spiro atoms. The van der Waals surface area contributed by atoms with Gasteiger partial charge in [0.05, 0.1) is 29.5 Å². The summed E-state index contributed by atoms with van der Waals surface area (Å²) in [4.78, 5) is 28.5. The van der Waals surface area contributed by atoms with Crippen LogP contribution in [0.3, 0.4) is 0 Å². The highest BCUT2D eigenvalue weighted by atomic mass is 19.3. The molecule has 2 N–H and O–H groups in total. The second-order valence-corrected chi connectivity index (χ2v) is 7.61. The van der Waals surface area contributed by atoms with Gasteiger partial charge in [-0.15, -0.1) is 0 Å². The van der Waals surface area contributed by atoms with Gasteiger partial charge < -0.3 is 15.2 Å². The Morgan fingerprint density at radius 1 is 1.29 bits per heavy atom. The van der Waals surface area contributed by atoms with E-state index >= 15 is 0 Å². The van der Waals surface area contributed by atoms with E-state index in [1.54, 1.807) is 30.8 Å². The molecule has 0 aliphatic carbocycles. The minimum absolute atomic E-state index is 0.0566. The Morgan fingerprint density at radius 3 is 2.68 bits per heavy atom. The molecule has 0 bridgehead atoms. The molecule has 0 radical (unpaired) electrons. The van der Waals surface area contributed by atoms with Crippen molar-refractivity contribution in [2.24, 2.45) is 0 Å². The number of aliphatic hydroxyl groups is 1. The number of methoxy groups -OCH3 is 1. The number of carbonyl (C=O) groups excluding carboxylic acids is 2. The highest BCUT2D eigenvalue weighted by molar-refractivity contribution is 6.09. The minimum atomic E-state index is -2.82. The summed E-state index contributed by atoms with van der Waals surface area (Å²) in [6, 6.07) is 6.74. The van der Waals surface area contributed by atoms with Gasteiger partial charge in [-0.2, -0.15) is 5.10 Å². The second-order valence-electron chi connectivity index (χ2n) is 7.61. The van der Waals surface area contributed by atoms with Crippen molar-refractivity contribution in [3.8, 4) is 0 Å². The number of halogens is 2. The van der Waals surface area contributed by atoms with Gasteiger partial charge in [-0.25, -0.2) is 18.6 Å². The third-order valence-electron chi connectivity index (χ3n) is 4.52. The fourth-order valence-electron chi connectivity index (χ4n) is 2.89. The summed E-state index contributed by atoms with van der Waals surface area (Å²) >= 11 is 0. The fraction of sp³-hybridized carbons (Fsp3) is 0.333. The van der Waals surface area contributed by atoms with Crippen LogP contribution in [0.5, 0.6) is 0 Å². The van der Waals surface area contributed by atoms with Crippen LogP contribution in [0.2, 0.25) is 0 Å². The van der Waals surface area contributed by atoms with Crippen molar-refractivity contribution >= 4 is 28.5 Å². The normalized spacial score (nSPS) is 11.7. The highest BCUT2D eigenvalue weighted by Crippen LogP contribution is 2.25. The maximum atomic E-state index is 12.9. The number of carbonyl (C=O) groups is 2. The Balaban J connectivity index is 1.94. The average Bonchev–Trinajstić information content (AvgIpc) is 3.12. The molecule has 1 aromatic carbocycles. The van der Waals surface area contributed by atoms with Gasteiger partial charge in [-0.05, 0) is 44.5 Å². The molecule has 0 fully saturated rings. The largest absolute Gasteiger partial charge is 0.465 e. The summed E-state index contributed by atoms with van der Waals surface area (Å²) in [7, 11) is 1.20. The van der Waals surface area contributed by atoms with Crippen LogP contribution >= 0.6 is 0 Å². The number of ether oxygens (including phenoxy) is 1. The number of nitrogens with zero attached hydrogens (tertiary/aromatic N) is 3. The van der Waals surface area contributed by atoms with E-state index in [0.29, 0.717) is 23.9 Å². The zero-order valence-electron chi connectivity index (χ0n) is 17.2. The summed E-state index contributed by atoms with van der Waals surface area (Å²) in [6.07, 6.45) is -0.641. The molecule has 8 nitrogen and oxygen atoms in total. The molecule has 0 unspecified atom stereocenters. The van der Waals surface area contributed by atoms with E-state index in [-0.39, 0.29) is 16.9 Å². The number of pyridine rings is 1. The zero-order valence-corrected chi connectivity index (χ0v) is 17.2. The minimum Gasteiger partial charge on any atom is -0.465 e. The molecule has 2 heterocycles. The van der Waals surface area contributed by atoms with Crippen LogP contribution < -0.4 is 5.32 Å². The topological polar surface area (TPSA) is 106 Å². The number of aryl methyl sites for hydroxylation is 1. The van der Waals surface area contributed by atoms with Crippen molar-refractivity contribution in [2.45, 2.75) is 38.8 Å². The van der Waals surface area contributed by atoms with Gasteiger partial charge >= 0.3 is 5.97 Å². The fourth-order valence-corrected chi connectivity index (χ4v) is 2.89. The quantitative estimate of drug-likeness (QED) is 0.553. The molecule has 3 rings (SSSR count). The lowest BCUT2D eigenvalue weighted by Gasteiger charge is -2.16. The summed E-state index contributed by atoms with van der Waals surface area (Å²) < 4.78 is 32.2. The molecule has 0 saturated heterocycles. The van der Waals surface area contributed by atoms with Crippen molar-refractivity contribution in [3.63, 3.8) is 0 Å². The Bertz CT molecular complexity index is 1120. The third-order valence-corrected chi connectivity index (χ3v) is 4.52. The standard InChI is InChI=1S/C21H22F2N4O4/c1-21(2,30)7-8-27-11-12-9-17(13(20(29)31-3)10-16(12)26-27)25-19(28)15-6-4-5-14(24-15)18(22)23/h4-6,9-11,18,30H,7-8H2,1-3H3,(H,25,28). The molecule has 0 aliphatic rings. The zero-order chi connectivity index (χ0) is 22.8. The number of hydrogen-bond donors (Lipinski definition) is 2. The van der Waals surface area contributed by atoms with Gasteiger partial charge in [0.1, 0.15) is 11.4 Å². The van der Waals surface area contributed by atoms with Crippen LogP contribution in [-0.2, 0) is 11.3 Å². The van der Waals surface area contributed by atoms with Crippen LogP contribution in [0.25, 0.3) is 10.9 Å². The number of benzene rings is 1. The first-order valence-corrected chi connectivity index (χ1v) is 9.46. The molecule has 3 aromatic rings. The lowest BCUT2D eigenvalue weighted by atomic mass is 10.1. The maximum Gasteiger partial charge on any atom is 0.340 e. The van der Waals surface area contributed by atoms with Crippen molar-refractivity contribution in [2.75, 3.05) is 12.4 Å². The molecule has 31 heavy (non-hydrogen) atoms. The van der Waals surface area contributed by atoms with Gasteiger partial charge in [0.25, 0.3) is 12.3 Å². The van der Waals surface area contributed by atoms with E-state index in [4.69, 9.17) is 4.74 Å². The number of amides is 1. The molecule has 0 saturated carbocycles. The Kier molecular flexibility index (Phi) is 6.30. The van der Waals surface area contributed by atoms with Gasteiger partial charge in [0.2, 0.25) is 0 Å². The van der Waals surface area contributed by atoms with Crippen molar-refractivity contribution < 1.29 is 28.2 Å². The Labute approximate surface area is 176 Å².